The zero-order valence-corrected chi connectivity index (χ0v) is 62.6. The van der Waals surface area contributed by atoms with Gasteiger partial charge in [0.05, 0.1) is 56.5 Å². The van der Waals surface area contributed by atoms with Gasteiger partial charge >= 0.3 is 7.12 Å². The number of benzene rings is 14. The molecule has 1 saturated heterocycles. The Morgan fingerprint density at radius 1 is 0.330 bits per heavy atom. The number of halogens is 1. The van der Waals surface area contributed by atoms with Gasteiger partial charge in [0, 0.05) is 112 Å². The third kappa shape index (κ3) is 11.8. The van der Waals surface area contributed by atoms with Crippen LogP contribution >= 0.6 is 15.9 Å². The number of rotatable bonds is 8. The number of para-hydroxylation sites is 6. The third-order valence-electron chi connectivity index (χ3n) is 20.3. The molecule has 0 bridgehead atoms. The quantitative estimate of drug-likeness (QED) is 0.140. The van der Waals surface area contributed by atoms with Crippen LogP contribution in [0.15, 0.2) is 329 Å². The molecule has 0 unspecified atom stereocenters. The van der Waals surface area contributed by atoms with Gasteiger partial charge in [0.1, 0.15) is 22.3 Å². The largest absolute Gasteiger partial charge is 0.494 e. The van der Waals surface area contributed by atoms with Crippen molar-refractivity contribution < 1.29 is 49.3 Å². The Balaban J connectivity index is 0.000000125. The second-order valence-electron chi connectivity index (χ2n) is 26.8. The molecule has 4 aromatic heterocycles. The van der Waals surface area contributed by atoms with Crippen LogP contribution in [0.4, 0.5) is 0 Å². The van der Waals surface area contributed by atoms with Gasteiger partial charge in [-0.1, -0.05) is 240 Å². The van der Waals surface area contributed by atoms with Crippen molar-refractivity contribution >= 4 is 116 Å². The summed E-state index contributed by atoms with van der Waals surface area (Å²) < 4.78 is 31.0. The average molecular weight is 1620 g/mol. The molecular weight excluding hydrogens is 1550 g/mol. The molecule has 18 aromatic rings. The van der Waals surface area contributed by atoms with Crippen molar-refractivity contribution in [1.82, 2.24) is 9.13 Å². The minimum atomic E-state index is -0.409. The van der Waals surface area contributed by atoms with E-state index >= 15 is 0 Å². The average Bonchev–Trinajstić information content (AvgIpc) is 1.66. The third-order valence-corrected chi connectivity index (χ3v) is 20.9. The standard InChI is InChI=1S/C43H26N2O.C25H23BN2O2.C24H15BrO.U/c44-27-28-23-24-40-38(25-28)34-15-4-6-21-39(34)45(40)31-14-8-13-30(26-31)33-18-9-17-32(29-11-2-1-3-12-29)42(33)37-20-10-19-36-35-16-5-7-22-41(35)46-43(36)37;1-24(2)25(3,4)30-26(29-24)18-8-7-9-19(15-18)28-22-11-6-5-10-20(22)21-14-17(16-27)12-13-23(21)28;25-21-14-7-11-17(16-8-2-1-3-9-16)23(21)20-13-6-12-19-18-10-4-5-15-22(18)26-24(19)20;/h1-26H;5-15H,1-4H3;1-15H;. The van der Waals surface area contributed by atoms with Crippen LogP contribution in [0.5, 0.6) is 0 Å². The molecule has 1 aliphatic rings. The fraction of sp³-hybridized carbons (Fsp3) is 0.0652. The van der Waals surface area contributed by atoms with Gasteiger partial charge in [0.25, 0.3) is 0 Å². The maximum Gasteiger partial charge on any atom is 0.494 e. The van der Waals surface area contributed by atoms with Crippen LogP contribution < -0.4 is 5.46 Å². The number of aromatic nitrogens is 2. The molecule has 1 fully saturated rings. The molecule has 0 N–H and O–H groups in total. The first-order chi connectivity index (χ1) is 49.9. The molecule has 0 aliphatic carbocycles. The number of nitriles is 2. The van der Waals surface area contributed by atoms with E-state index in [0.717, 1.165) is 153 Å². The molecule has 0 spiro atoms. The Kier molecular flexibility index (Phi) is 17.6. The summed E-state index contributed by atoms with van der Waals surface area (Å²) in [6, 6.07) is 113. The smallest absolute Gasteiger partial charge is 0.455 e. The van der Waals surface area contributed by atoms with Crippen molar-refractivity contribution in [3.63, 3.8) is 0 Å². The molecule has 19 rings (SSSR count). The molecule has 14 aromatic carbocycles. The predicted octanol–water partition coefficient (Wildman–Crippen LogP) is 24.2. The second kappa shape index (κ2) is 27.3. The summed E-state index contributed by atoms with van der Waals surface area (Å²) in [6.07, 6.45) is 0. The Labute approximate surface area is 628 Å². The van der Waals surface area contributed by atoms with Crippen LogP contribution in [0.2, 0.25) is 0 Å². The van der Waals surface area contributed by atoms with Crippen LogP contribution in [-0.2, 0) is 9.31 Å². The Morgan fingerprint density at radius 2 is 0.709 bits per heavy atom. The van der Waals surface area contributed by atoms with Crippen LogP contribution in [0.3, 0.4) is 0 Å². The van der Waals surface area contributed by atoms with Crippen molar-refractivity contribution in [2.24, 2.45) is 0 Å². The normalized spacial score (nSPS) is 13.1. The number of fused-ring (bicyclic) bond motifs is 12. The first-order valence-corrected chi connectivity index (χ1v) is 35.0. The van der Waals surface area contributed by atoms with E-state index in [-0.39, 0.29) is 42.3 Å². The van der Waals surface area contributed by atoms with E-state index in [4.69, 9.17) is 18.1 Å². The first kappa shape index (κ1) is 66.3. The fourth-order valence-electron chi connectivity index (χ4n) is 14.7. The number of nitrogens with zero attached hydrogens (tertiary/aromatic N) is 4. The molecule has 0 atom stereocenters. The molecule has 11 heteroatoms. The summed E-state index contributed by atoms with van der Waals surface area (Å²) >= 11 is 3.77. The van der Waals surface area contributed by atoms with E-state index in [1.54, 1.807) is 0 Å². The summed E-state index contributed by atoms with van der Waals surface area (Å²) in [4.78, 5) is 0. The van der Waals surface area contributed by atoms with Crippen LogP contribution in [0.25, 0.3) is 154 Å². The summed E-state index contributed by atoms with van der Waals surface area (Å²) in [5.41, 5.74) is 23.0. The fourth-order valence-corrected chi connectivity index (χ4v) is 15.3. The molecule has 0 saturated carbocycles. The second-order valence-corrected chi connectivity index (χ2v) is 27.7. The van der Waals surface area contributed by atoms with Crippen molar-refractivity contribution in [2.75, 3.05) is 0 Å². The van der Waals surface area contributed by atoms with Gasteiger partial charge in [-0.2, -0.15) is 10.5 Å². The molecule has 0 amide bonds. The van der Waals surface area contributed by atoms with E-state index in [2.05, 4.69) is 295 Å². The van der Waals surface area contributed by atoms with Crippen molar-refractivity contribution in [2.45, 2.75) is 38.9 Å². The van der Waals surface area contributed by atoms with Gasteiger partial charge in [-0.15, -0.1) is 0 Å². The Hall–Kier alpha value is -11.2. The number of hydrogen-bond donors (Lipinski definition) is 0. The summed E-state index contributed by atoms with van der Waals surface area (Å²) in [7, 11) is -0.409. The molecule has 490 valence electrons. The molecule has 1 aliphatic heterocycles. The number of furan rings is 2. The number of hydrogen-bond acceptors (Lipinski definition) is 6. The Morgan fingerprint density at radius 3 is 1.23 bits per heavy atom. The van der Waals surface area contributed by atoms with E-state index in [1.807, 2.05) is 84.9 Å². The van der Waals surface area contributed by atoms with Crippen molar-refractivity contribution in [1.29, 1.82) is 10.5 Å². The zero-order valence-electron chi connectivity index (χ0n) is 56.9. The minimum absolute atomic E-state index is 0. The SMILES string of the molecule is Brc1cccc(-c2ccccc2)c1-c1cccc2c1oc1ccccc12.CC1(C)OB(c2cccc(-n3c4ccccc4c4cc(C#N)ccc43)c2)OC1(C)C.N#Cc1ccc2c(c1)c1ccccc1n2-c1cccc(-c2cccc(-c3ccccc3)c2-c2cccc3c2oc2ccccc23)c1.[U]. The van der Waals surface area contributed by atoms with Crippen LogP contribution in [0.1, 0.15) is 38.8 Å². The monoisotopic (exact) mass is 1620 g/mol. The molecule has 8 nitrogen and oxygen atoms in total. The van der Waals surface area contributed by atoms with Crippen molar-refractivity contribution in [3.05, 3.63) is 331 Å². The van der Waals surface area contributed by atoms with Crippen LogP contribution in [-0.4, -0.2) is 27.5 Å². The molecule has 103 heavy (non-hydrogen) atoms. The minimum Gasteiger partial charge on any atom is -0.455 e. The van der Waals surface area contributed by atoms with Crippen molar-refractivity contribution in [3.8, 4) is 79.1 Å². The van der Waals surface area contributed by atoms with E-state index in [9.17, 15) is 10.5 Å². The zero-order chi connectivity index (χ0) is 69.2. The summed E-state index contributed by atoms with van der Waals surface area (Å²) in [6.45, 7) is 8.26. The molecule has 5 heterocycles. The Bertz CT molecular complexity index is 6400. The topological polar surface area (TPSA) is 102 Å². The molecule has 0 radical (unpaired) electrons. The van der Waals surface area contributed by atoms with Gasteiger partial charge < -0.3 is 27.3 Å². The maximum absolute atomic E-state index is 9.62. The van der Waals surface area contributed by atoms with Gasteiger partial charge in [0.2, 0.25) is 0 Å². The van der Waals surface area contributed by atoms with Gasteiger partial charge in [-0.25, -0.2) is 0 Å². The maximum atomic E-state index is 9.62. The predicted molar refractivity (Wildman–Crippen MR) is 423 cm³/mol. The van der Waals surface area contributed by atoms with E-state index in [1.165, 1.54) is 11.1 Å². The van der Waals surface area contributed by atoms with Gasteiger partial charge in [-0.3, -0.25) is 0 Å². The summed E-state index contributed by atoms with van der Waals surface area (Å²) in [5.74, 6) is 0. The van der Waals surface area contributed by atoms with E-state index in [0.29, 0.717) is 11.1 Å². The first-order valence-electron chi connectivity index (χ1n) is 34.2. The summed E-state index contributed by atoms with van der Waals surface area (Å²) in [5, 5.41) is 27.9. The van der Waals surface area contributed by atoms with Gasteiger partial charge in [-0.05, 0) is 158 Å². The van der Waals surface area contributed by atoms with E-state index < -0.39 is 7.12 Å². The van der Waals surface area contributed by atoms with Crippen LogP contribution in [0, 0.1) is 53.8 Å². The van der Waals surface area contributed by atoms with Gasteiger partial charge in [0.15, 0.2) is 0 Å². The molecular formula is C92H64BBrN4O4U.